The fraction of sp³-hybridized carbons (Fsp3) is 0.667. The second-order valence-corrected chi connectivity index (χ2v) is 4.50. The molecule has 1 aliphatic heterocycles. The quantitative estimate of drug-likeness (QED) is 0.558. The van der Waals surface area contributed by atoms with Crippen molar-refractivity contribution < 1.29 is 9.09 Å². The van der Waals surface area contributed by atoms with Crippen LogP contribution in [0.4, 0.5) is 0 Å². The fourth-order valence-corrected chi connectivity index (χ4v) is 2.67. The van der Waals surface area contributed by atoms with E-state index in [2.05, 4.69) is 0 Å². The maximum atomic E-state index is 11.3. The molecule has 0 N–H and O–H groups in total. The molecule has 0 spiro atoms. The number of hydrogen-bond acceptors (Lipinski definition) is 2. The van der Waals surface area contributed by atoms with E-state index in [1.807, 2.05) is 13.0 Å². The smallest absolute Gasteiger partial charge is 0.225 e. The topological polar surface area (TPSA) is 26.3 Å². The second-order valence-electron chi connectivity index (χ2n) is 2.04. The monoisotopic (exact) mass is 146 g/mol. The van der Waals surface area contributed by atoms with Crippen molar-refractivity contribution in [2.45, 2.75) is 13.3 Å². The molecule has 1 unspecified atom stereocenters. The third kappa shape index (κ3) is 1.67. The molecule has 9 heavy (non-hydrogen) atoms. The lowest BCUT2D eigenvalue weighted by molar-refractivity contribution is 0.341. The molecular weight excluding hydrogens is 135 g/mol. The molecule has 0 aromatic rings. The highest BCUT2D eigenvalue weighted by atomic mass is 31.2. The number of hydrogen-bond donors (Lipinski definition) is 0. The summed E-state index contributed by atoms with van der Waals surface area (Å²) in [5.41, 5.74) is 0. The Morgan fingerprint density at radius 2 is 2.56 bits per heavy atom. The Bertz CT molecular complexity index is 162. The predicted octanol–water partition coefficient (Wildman–Crippen LogP) is 2.22. The molecule has 0 saturated heterocycles. The molecule has 0 saturated carbocycles. The molecular formula is C6H11O2P. The van der Waals surface area contributed by atoms with Crippen LogP contribution in [0, 0.1) is 0 Å². The molecule has 0 bridgehead atoms. The van der Waals surface area contributed by atoms with Crippen LogP contribution in [0.2, 0.25) is 0 Å². The summed E-state index contributed by atoms with van der Waals surface area (Å²) in [5.74, 6) is 1.72. The molecule has 0 aromatic heterocycles. The van der Waals surface area contributed by atoms with Gasteiger partial charge in [0.1, 0.15) is 0 Å². The number of allylic oxidation sites excluding steroid dienone is 1. The first kappa shape index (κ1) is 7.04. The second kappa shape index (κ2) is 2.68. The lowest BCUT2D eigenvalue weighted by atomic mass is 10.5. The maximum Gasteiger partial charge on any atom is 0.225 e. The summed E-state index contributed by atoms with van der Waals surface area (Å²) in [7, 11) is -2.25. The van der Waals surface area contributed by atoms with Crippen LogP contribution in [0.15, 0.2) is 11.9 Å². The molecule has 0 radical (unpaired) electrons. The van der Waals surface area contributed by atoms with E-state index < -0.39 is 7.37 Å². The molecule has 2 nitrogen and oxygen atoms in total. The molecule has 1 aliphatic rings. The fourth-order valence-electron chi connectivity index (χ4n) is 0.890. The lowest BCUT2D eigenvalue weighted by Gasteiger charge is -2.06. The van der Waals surface area contributed by atoms with Crippen LogP contribution in [0.3, 0.4) is 0 Å². The van der Waals surface area contributed by atoms with Crippen molar-refractivity contribution in [3.05, 3.63) is 11.9 Å². The van der Waals surface area contributed by atoms with Gasteiger partial charge in [-0.2, -0.15) is 0 Å². The van der Waals surface area contributed by atoms with Gasteiger partial charge in [-0.25, -0.2) is 0 Å². The van der Waals surface area contributed by atoms with Gasteiger partial charge in [0.25, 0.3) is 0 Å². The van der Waals surface area contributed by atoms with Gasteiger partial charge in [0, 0.05) is 6.16 Å². The molecule has 0 aliphatic carbocycles. The van der Waals surface area contributed by atoms with Crippen molar-refractivity contribution in [1.82, 2.24) is 0 Å². The lowest BCUT2D eigenvalue weighted by Crippen LogP contribution is -1.86. The largest absolute Gasteiger partial charge is 0.326 e. The van der Waals surface area contributed by atoms with E-state index in [4.69, 9.17) is 4.52 Å². The molecule has 0 aromatic carbocycles. The van der Waals surface area contributed by atoms with Gasteiger partial charge in [0.05, 0.1) is 6.61 Å². The Labute approximate surface area is 55.4 Å². The van der Waals surface area contributed by atoms with Crippen molar-refractivity contribution in [3.8, 4) is 0 Å². The highest BCUT2D eigenvalue weighted by molar-refractivity contribution is 7.62. The zero-order chi connectivity index (χ0) is 6.74. The summed E-state index contributed by atoms with van der Waals surface area (Å²) in [5, 5.41) is 0. The summed E-state index contributed by atoms with van der Waals surface area (Å²) in [4.78, 5) is 0. The van der Waals surface area contributed by atoms with Crippen LogP contribution in [0.25, 0.3) is 0 Å². The zero-order valence-electron chi connectivity index (χ0n) is 5.54. The summed E-state index contributed by atoms with van der Waals surface area (Å²) in [6, 6.07) is 0. The average molecular weight is 146 g/mol. The van der Waals surface area contributed by atoms with Gasteiger partial charge in [-0.3, -0.25) is 4.57 Å². The van der Waals surface area contributed by atoms with Crippen LogP contribution < -0.4 is 0 Å². The highest BCUT2D eigenvalue weighted by Crippen LogP contribution is 2.52. The average Bonchev–Trinajstić information content (AvgIpc) is 2.16. The first-order chi connectivity index (χ1) is 4.27. The van der Waals surface area contributed by atoms with Gasteiger partial charge in [-0.05, 0) is 19.2 Å². The summed E-state index contributed by atoms with van der Waals surface area (Å²) in [6.07, 6.45) is 3.55. The summed E-state index contributed by atoms with van der Waals surface area (Å²) >= 11 is 0. The molecule has 3 heteroatoms. The first-order valence-corrected chi connectivity index (χ1v) is 5.06. The summed E-state index contributed by atoms with van der Waals surface area (Å²) in [6.45, 7) is 2.42. The molecule has 52 valence electrons. The van der Waals surface area contributed by atoms with Gasteiger partial charge in [-0.1, -0.05) is 6.08 Å². The van der Waals surface area contributed by atoms with Crippen molar-refractivity contribution in [1.29, 1.82) is 0 Å². The van der Waals surface area contributed by atoms with E-state index in [1.54, 1.807) is 5.82 Å². The Morgan fingerprint density at radius 1 is 1.78 bits per heavy atom. The molecule has 1 atom stereocenters. The third-order valence-electron chi connectivity index (χ3n) is 1.29. The van der Waals surface area contributed by atoms with E-state index in [-0.39, 0.29) is 0 Å². The van der Waals surface area contributed by atoms with Gasteiger partial charge in [-0.15, -0.1) is 0 Å². The van der Waals surface area contributed by atoms with Crippen molar-refractivity contribution in [3.63, 3.8) is 0 Å². The van der Waals surface area contributed by atoms with Gasteiger partial charge in [0.15, 0.2) is 0 Å². The molecule has 1 rings (SSSR count). The molecule has 0 fully saturated rings. The minimum atomic E-state index is -2.25. The van der Waals surface area contributed by atoms with Crippen LogP contribution in [-0.2, 0) is 9.09 Å². The Balaban J connectivity index is 2.53. The third-order valence-corrected chi connectivity index (χ3v) is 3.53. The Kier molecular flexibility index (Phi) is 2.09. The SMILES string of the molecule is CCOP1(=O)C=CCC1. The van der Waals surface area contributed by atoms with Gasteiger partial charge in [0.2, 0.25) is 7.37 Å². The predicted molar refractivity (Wildman–Crippen MR) is 37.9 cm³/mol. The van der Waals surface area contributed by atoms with E-state index >= 15 is 0 Å². The first-order valence-electron chi connectivity index (χ1n) is 3.18. The van der Waals surface area contributed by atoms with Crippen molar-refractivity contribution in [2.24, 2.45) is 0 Å². The zero-order valence-corrected chi connectivity index (χ0v) is 6.43. The van der Waals surface area contributed by atoms with E-state index in [9.17, 15) is 4.57 Å². The normalized spacial score (nSPS) is 33.4. The molecule has 0 amide bonds. The van der Waals surface area contributed by atoms with Crippen LogP contribution in [-0.4, -0.2) is 12.8 Å². The number of rotatable bonds is 2. The highest BCUT2D eigenvalue weighted by Gasteiger charge is 2.21. The van der Waals surface area contributed by atoms with Gasteiger partial charge >= 0.3 is 0 Å². The standard InChI is InChI=1S/C6H11O2P/c1-2-8-9(7)5-3-4-6-9/h3,5H,2,4,6H2,1H3. The maximum absolute atomic E-state index is 11.3. The van der Waals surface area contributed by atoms with E-state index in [0.29, 0.717) is 12.8 Å². The van der Waals surface area contributed by atoms with E-state index in [0.717, 1.165) is 6.42 Å². The van der Waals surface area contributed by atoms with Crippen molar-refractivity contribution >= 4 is 7.37 Å². The van der Waals surface area contributed by atoms with E-state index in [1.165, 1.54) is 0 Å². The van der Waals surface area contributed by atoms with Crippen LogP contribution in [0.5, 0.6) is 0 Å². The van der Waals surface area contributed by atoms with Crippen LogP contribution >= 0.6 is 7.37 Å². The Morgan fingerprint density at radius 3 is 3.00 bits per heavy atom. The van der Waals surface area contributed by atoms with Crippen LogP contribution in [0.1, 0.15) is 13.3 Å². The van der Waals surface area contributed by atoms with Gasteiger partial charge < -0.3 is 4.52 Å². The minimum absolute atomic E-state index is 0.557. The summed E-state index contributed by atoms with van der Waals surface area (Å²) < 4.78 is 16.4. The Hall–Kier alpha value is -0.0700. The van der Waals surface area contributed by atoms with Crippen molar-refractivity contribution in [2.75, 3.05) is 12.8 Å². The minimum Gasteiger partial charge on any atom is -0.326 e. The molecule has 1 heterocycles.